The van der Waals surface area contributed by atoms with Crippen molar-refractivity contribution >= 4 is 10.0 Å². The van der Waals surface area contributed by atoms with Gasteiger partial charge in [-0.2, -0.15) is 4.31 Å². The van der Waals surface area contributed by atoms with Crippen LogP contribution >= 0.6 is 0 Å². The molecule has 0 aliphatic carbocycles. The van der Waals surface area contributed by atoms with Gasteiger partial charge in [-0.15, -0.1) is 0 Å². The summed E-state index contributed by atoms with van der Waals surface area (Å²) in [5, 5.41) is 0. The minimum absolute atomic E-state index is 0.185. The third-order valence-corrected chi connectivity index (χ3v) is 4.98. The van der Waals surface area contributed by atoms with Crippen LogP contribution in [0.1, 0.15) is 40.0 Å². The fraction of sp³-hybridized carbons (Fsp3) is 1.00. The van der Waals surface area contributed by atoms with E-state index in [0.717, 1.165) is 19.3 Å². The molecule has 0 amide bonds. The van der Waals surface area contributed by atoms with Gasteiger partial charge in [0, 0.05) is 12.6 Å². The highest BCUT2D eigenvalue weighted by Gasteiger charge is 2.29. The molecule has 3 nitrogen and oxygen atoms in total. The number of nitrogens with zero attached hydrogens (tertiary/aromatic N) is 1. The lowest BCUT2D eigenvalue weighted by Crippen LogP contribution is -2.40. The molecule has 1 saturated heterocycles. The van der Waals surface area contributed by atoms with Crippen LogP contribution in [0.15, 0.2) is 0 Å². The van der Waals surface area contributed by atoms with Crippen LogP contribution in [-0.4, -0.2) is 31.1 Å². The zero-order valence-electron chi connectivity index (χ0n) is 9.36. The first-order valence-corrected chi connectivity index (χ1v) is 7.07. The lowest BCUT2D eigenvalue weighted by Gasteiger charge is -2.27. The smallest absolute Gasteiger partial charge is 0.212 e. The van der Waals surface area contributed by atoms with Gasteiger partial charge in [-0.05, 0) is 32.6 Å². The maximum absolute atomic E-state index is 11.8. The quantitative estimate of drug-likeness (QED) is 0.710. The van der Waals surface area contributed by atoms with Crippen molar-refractivity contribution in [1.82, 2.24) is 4.31 Å². The summed E-state index contributed by atoms with van der Waals surface area (Å²) in [6.45, 7) is 6.58. The second kappa shape index (κ2) is 4.62. The molecule has 2 atom stereocenters. The van der Waals surface area contributed by atoms with E-state index in [4.69, 9.17) is 0 Å². The van der Waals surface area contributed by atoms with Crippen molar-refractivity contribution in [3.63, 3.8) is 0 Å². The maximum Gasteiger partial charge on any atom is 0.214 e. The summed E-state index contributed by atoms with van der Waals surface area (Å²) in [7, 11) is -2.99. The molecule has 4 heteroatoms. The second-order valence-electron chi connectivity index (χ2n) is 4.36. The summed E-state index contributed by atoms with van der Waals surface area (Å²) in [5.41, 5.74) is 0. The average Bonchev–Trinajstić information content (AvgIpc) is 2.28. The summed E-state index contributed by atoms with van der Waals surface area (Å²) >= 11 is 0. The summed E-state index contributed by atoms with van der Waals surface area (Å²) < 4.78 is 25.3. The minimum atomic E-state index is -2.99. The van der Waals surface area contributed by atoms with Gasteiger partial charge < -0.3 is 0 Å². The normalized spacial score (nSPS) is 31.4. The standard InChI is InChI=1S/C10H21NO2S/c1-4-14(12,13)11-8-9(2)6-5-7-10(11)3/h9-10H,4-8H2,1-3H3. The highest BCUT2D eigenvalue weighted by Crippen LogP contribution is 2.23. The number of hydrogen-bond acceptors (Lipinski definition) is 2. The van der Waals surface area contributed by atoms with E-state index in [9.17, 15) is 8.42 Å². The fourth-order valence-corrected chi connectivity index (χ4v) is 3.50. The SMILES string of the molecule is CCS(=O)(=O)N1CC(C)CCCC1C. The van der Waals surface area contributed by atoms with E-state index in [2.05, 4.69) is 6.92 Å². The van der Waals surface area contributed by atoms with E-state index in [-0.39, 0.29) is 11.8 Å². The number of hydrogen-bond donors (Lipinski definition) is 0. The van der Waals surface area contributed by atoms with E-state index >= 15 is 0 Å². The molecular formula is C10H21NO2S. The summed E-state index contributed by atoms with van der Waals surface area (Å²) in [6.07, 6.45) is 3.31. The van der Waals surface area contributed by atoms with Crippen LogP contribution in [0, 0.1) is 5.92 Å². The average molecular weight is 219 g/mol. The minimum Gasteiger partial charge on any atom is -0.212 e. The highest BCUT2D eigenvalue weighted by molar-refractivity contribution is 7.89. The number of rotatable bonds is 2. The van der Waals surface area contributed by atoms with E-state index in [1.807, 2.05) is 6.92 Å². The lowest BCUT2D eigenvalue weighted by atomic mass is 10.1. The van der Waals surface area contributed by atoms with E-state index in [0.29, 0.717) is 12.5 Å². The zero-order chi connectivity index (χ0) is 10.8. The molecule has 1 heterocycles. The van der Waals surface area contributed by atoms with Gasteiger partial charge in [0.05, 0.1) is 5.75 Å². The van der Waals surface area contributed by atoms with Crippen LogP contribution in [0.25, 0.3) is 0 Å². The Morgan fingerprint density at radius 1 is 1.29 bits per heavy atom. The lowest BCUT2D eigenvalue weighted by molar-refractivity contribution is 0.317. The molecule has 0 saturated carbocycles. The molecule has 84 valence electrons. The largest absolute Gasteiger partial charge is 0.214 e. The van der Waals surface area contributed by atoms with Gasteiger partial charge in [0.15, 0.2) is 0 Å². The monoisotopic (exact) mass is 219 g/mol. The molecule has 1 fully saturated rings. The Balaban J connectivity index is 2.83. The van der Waals surface area contributed by atoms with Crippen LogP contribution < -0.4 is 0 Å². The Morgan fingerprint density at radius 2 is 1.93 bits per heavy atom. The van der Waals surface area contributed by atoms with Gasteiger partial charge >= 0.3 is 0 Å². The van der Waals surface area contributed by atoms with Crippen molar-refractivity contribution in [2.45, 2.75) is 46.1 Å². The molecule has 2 unspecified atom stereocenters. The van der Waals surface area contributed by atoms with Gasteiger partial charge in [0.25, 0.3) is 0 Å². The van der Waals surface area contributed by atoms with E-state index in [1.54, 1.807) is 11.2 Å². The molecule has 0 spiro atoms. The van der Waals surface area contributed by atoms with E-state index in [1.165, 1.54) is 0 Å². The topological polar surface area (TPSA) is 37.4 Å². The van der Waals surface area contributed by atoms with Crippen LogP contribution in [0.5, 0.6) is 0 Å². The molecule has 14 heavy (non-hydrogen) atoms. The highest BCUT2D eigenvalue weighted by atomic mass is 32.2. The predicted molar refractivity (Wildman–Crippen MR) is 58.6 cm³/mol. The zero-order valence-corrected chi connectivity index (χ0v) is 10.2. The van der Waals surface area contributed by atoms with Crippen molar-refractivity contribution in [1.29, 1.82) is 0 Å². The molecule has 1 aliphatic heterocycles. The Bertz CT molecular complexity index is 274. The first kappa shape index (κ1) is 12.0. The Hall–Kier alpha value is -0.0900. The van der Waals surface area contributed by atoms with Crippen molar-refractivity contribution < 1.29 is 8.42 Å². The van der Waals surface area contributed by atoms with Crippen molar-refractivity contribution in [3.05, 3.63) is 0 Å². The first-order valence-electron chi connectivity index (χ1n) is 5.47. The van der Waals surface area contributed by atoms with Crippen molar-refractivity contribution in [3.8, 4) is 0 Å². The first-order chi connectivity index (χ1) is 6.47. The van der Waals surface area contributed by atoms with Gasteiger partial charge in [-0.1, -0.05) is 13.3 Å². The fourth-order valence-electron chi connectivity index (χ4n) is 2.04. The molecule has 0 bridgehead atoms. The van der Waals surface area contributed by atoms with Crippen molar-refractivity contribution in [2.24, 2.45) is 5.92 Å². The molecule has 0 aromatic rings. The summed E-state index contributed by atoms with van der Waals surface area (Å²) in [5.74, 6) is 0.727. The number of sulfonamides is 1. The van der Waals surface area contributed by atoms with Gasteiger partial charge in [-0.25, -0.2) is 8.42 Å². The maximum atomic E-state index is 11.8. The predicted octanol–water partition coefficient (Wildman–Crippen LogP) is 1.85. The summed E-state index contributed by atoms with van der Waals surface area (Å²) in [4.78, 5) is 0. The third-order valence-electron chi connectivity index (χ3n) is 3.02. The van der Waals surface area contributed by atoms with Crippen molar-refractivity contribution in [2.75, 3.05) is 12.3 Å². The van der Waals surface area contributed by atoms with Gasteiger partial charge in [0.1, 0.15) is 0 Å². The Kier molecular flexibility index (Phi) is 3.95. The van der Waals surface area contributed by atoms with Gasteiger partial charge in [-0.3, -0.25) is 0 Å². The Labute approximate surface area is 87.5 Å². The van der Waals surface area contributed by atoms with Crippen LogP contribution in [0.4, 0.5) is 0 Å². The molecule has 1 aliphatic rings. The van der Waals surface area contributed by atoms with Gasteiger partial charge in [0.2, 0.25) is 10.0 Å². The van der Waals surface area contributed by atoms with Crippen LogP contribution in [0.2, 0.25) is 0 Å². The molecule has 1 rings (SSSR count). The summed E-state index contributed by atoms with van der Waals surface area (Å²) in [6, 6.07) is 0.185. The third kappa shape index (κ3) is 2.70. The second-order valence-corrected chi connectivity index (χ2v) is 6.57. The van der Waals surface area contributed by atoms with E-state index < -0.39 is 10.0 Å². The molecular weight excluding hydrogens is 198 g/mol. The molecule has 0 aromatic heterocycles. The molecule has 0 N–H and O–H groups in total. The molecule has 0 radical (unpaired) electrons. The van der Waals surface area contributed by atoms with Crippen LogP contribution in [-0.2, 0) is 10.0 Å². The Morgan fingerprint density at radius 3 is 2.50 bits per heavy atom. The van der Waals surface area contributed by atoms with Crippen LogP contribution in [0.3, 0.4) is 0 Å². The molecule has 0 aromatic carbocycles.